The molecule has 1 aromatic carbocycles. The van der Waals surface area contributed by atoms with E-state index in [1.54, 1.807) is 0 Å². The number of rotatable bonds is 6. The average molecular weight is 489 g/mol. The molecular weight excluding hydrogens is 448 g/mol. The Morgan fingerprint density at radius 3 is 2.69 bits per heavy atom. The van der Waals surface area contributed by atoms with Crippen LogP contribution in [0.3, 0.4) is 0 Å². The Morgan fingerprint density at radius 1 is 1.14 bits per heavy atom. The molecule has 6 atom stereocenters. The maximum absolute atomic E-state index is 12.1. The number of amides is 1. The fourth-order valence-electron chi connectivity index (χ4n) is 8.11. The third-order valence-corrected chi connectivity index (χ3v) is 10.3. The van der Waals surface area contributed by atoms with Crippen molar-refractivity contribution in [3.63, 3.8) is 0 Å². The summed E-state index contributed by atoms with van der Waals surface area (Å²) in [5, 5.41) is 18.4. The first-order valence-electron chi connectivity index (χ1n) is 13.7. The lowest BCUT2D eigenvalue weighted by atomic mass is 9.46. The van der Waals surface area contributed by atoms with Gasteiger partial charge >= 0.3 is 0 Å². The van der Waals surface area contributed by atoms with Crippen LogP contribution in [0.5, 0.6) is 0 Å². The van der Waals surface area contributed by atoms with Crippen molar-refractivity contribution in [3.8, 4) is 12.3 Å². The average Bonchev–Trinajstić information content (AvgIpc) is 3.16. The molecule has 3 saturated carbocycles. The zero-order chi connectivity index (χ0) is 25.4. The van der Waals surface area contributed by atoms with Gasteiger partial charge in [-0.05, 0) is 92.6 Å². The number of oxime groups is 1. The number of nitrogens with one attached hydrogen (secondary N) is 1. The molecule has 3 fully saturated rings. The van der Waals surface area contributed by atoms with Gasteiger partial charge in [-0.25, -0.2) is 0 Å². The highest BCUT2D eigenvalue weighted by atomic mass is 16.6. The van der Waals surface area contributed by atoms with Crippen molar-refractivity contribution in [2.24, 2.45) is 33.7 Å². The highest BCUT2D eigenvalue weighted by molar-refractivity contribution is 5.96. The number of carbonyl (C=O) groups excluding carboxylic acids is 1. The summed E-state index contributed by atoms with van der Waals surface area (Å²) in [7, 11) is 0. The van der Waals surface area contributed by atoms with Crippen LogP contribution < -0.4 is 5.32 Å². The number of benzene rings is 1. The minimum atomic E-state index is -0.947. The van der Waals surface area contributed by atoms with E-state index in [-0.39, 0.29) is 23.3 Å². The van der Waals surface area contributed by atoms with Gasteiger partial charge in [0.15, 0.2) is 6.61 Å². The van der Waals surface area contributed by atoms with E-state index in [1.165, 1.54) is 11.1 Å². The Hall–Kier alpha value is -2.58. The fraction of sp³-hybridized carbons (Fsp3) is 0.613. The molecule has 0 heterocycles. The van der Waals surface area contributed by atoms with Crippen LogP contribution in [0.4, 0.5) is 0 Å². The van der Waals surface area contributed by atoms with E-state index >= 15 is 0 Å². The van der Waals surface area contributed by atoms with Gasteiger partial charge in [-0.2, -0.15) is 0 Å². The van der Waals surface area contributed by atoms with E-state index in [9.17, 15) is 9.90 Å². The molecule has 5 nitrogen and oxygen atoms in total. The van der Waals surface area contributed by atoms with Crippen LogP contribution in [0.2, 0.25) is 0 Å². The Labute approximate surface area is 215 Å². The summed E-state index contributed by atoms with van der Waals surface area (Å²) < 4.78 is 0. The minimum Gasteiger partial charge on any atom is -0.385 e. The molecule has 4 aliphatic rings. The van der Waals surface area contributed by atoms with E-state index in [1.807, 2.05) is 18.2 Å². The predicted molar refractivity (Wildman–Crippen MR) is 142 cm³/mol. The van der Waals surface area contributed by atoms with Crippen molar-refractivity contribution < 1.29 is 14.7 Å². The highest BCUT2D eigenvalue weighted by Crippen LogP contribution is 2.67. The molecule has 1 amide bonds. The molecule has 0 spiro atoms. The van der Waals surface area contributed by atoms with Gasteiger partial charge in [-0.15, -0.1) is 6.42 Å². The molecule has 1 aromatic rings. The molecule has 36 heavy (non-hydrogen) atoms. The van der Waals surface area contributed by atoms with E-state index in [0.29, 0.717) is 24.3 Å². The largest absolute Gasteiger partial charge is 0.385 e. The first-order chi connectivity index (χ1) is 17.3. The van der Waals surface area contributed by atoms with Crippen LogP contribution in [0.25, 0.3) is 0 Å². The SMILES string of the molecule is C#C[C@@]1(O)CC[C@H]2[C@@H]3CCC4=C/C(=N\OCC(=O)NCCc5ccccc5)CC[C@]4(C)[C@H]3CC[C@@]21C. The summed E-state index contributed by atoms with van der Waals surface area (Å²) in [4.78, 5) is 17.6. The van der Waals surface area contributed by atoms with Crippen molar-refractivity contribution in [1.82, 2.24) is 5.32 Å². The Kier molecular flexibility index (Phi) is 6.76. The first-order valence-corrected chi connectivity index (χ1v) is 13.7. The Balaban J connectivity index is 1.17. The van der Waals surface area contributed by atoms with Crippen molar-refractivity contribution in [2.75, 3.05) is 13.2 Å². The summed E-state index contributed by atoms with van der Waals surface area (Å²) in [5.74, 6) is 4.41. The van der Waals surface area contributed by atoms with Crippen molar-refractivity contribution >= 4 is 11.6 Å². The summed E-state index contributed by atoms with van der Waals surface area (Å²) >= 11 is 0. The van der Waals surface area contributed by atoms with E-state index in [4.69, 9.17) is 11.3 Å². The molecule has 0 bridgehead atoms. The van der Waals surface area contributed by atoms with Gasteiger partial charge in [0.1, 0.15) is 5.60 Å². The number of hydrogen-bond acceptors (Lipinski definition) is 4. The molecule has 5 rings (SSSR count). The van der Waals surface area contributed by atoms with Crippen LogP contribution in [0.15, 0.2) is 47.1 Å². The van der Waals surface area contributed by atoms with Gasteiger partial charge in [0.2, 0.25) is 0 Å². The lowest BCUT2D eigenvalue weighted by Crippen LogP contribution is -2.54. The third-order valence-electron chi connectivity index (χ3n) is 10.3. The molecule has 0 aliphatic heterocycles. The van der Waals surface area contributed by atoms with Gasteiger partial charge in [-0.3, -0.25) is 4.79 Å². The maximum Gasteiger partial charge on any atom is 0.260 e. The molecule has 5 heteroatoms. The maximum atomic E-state index is 12.1. The third kappa shape index (κ3) is 4.28. The zero-order valence-corrected chi connectivity index (χ0v) is 21.8. The summed E-state index contributed by atoms with van der Waals surface area (Å²) in [6, 6.07) is 10.1. The summed E-state index contributed by atoms with van der Waals surface area (Å²) in [6.45, 7) is 5.22. The predicted octanol–water partition coefficient (Wildman–Crippen LogP) is 5.05. The number of carbonyl (C=O) groups is 1. The lowest BCUT2D eigenvalue weighted by Gasteiger charge is -2.58. The summed E-state index contributed by atoms with van der Waals surface area (Å²) in [6.07, 6.45) is 16.9. The topological polar surface area (TPSA) is 70.9 Å². The molecule has 0 radical (unpaired) electrons. The van der Waals surface area contributed by atoms with E-state index in [0.717, 1.165) is 63.5 Å². The second-order valence-corrected chi connectivity index (χ2v) is 11.9. The zero-order valence-electron chi connectivity index (χ0n) is 21.8. The van der Waals surface area contributed by atoms with E-state index < -0.39 is 5.60 Å². The Morgan fingerprint density at radius 2 is 1.92 bits per heavy atom. The standard InChI is InChI=1S/C31H40N2O3/c1-4-31(35)18-14-27-25-11-10-23-20-24(12-16-29(23,2)26(25)13-17-30(27,31)3)33-36-21-28(34)32-19-15-22-8-6-5-7-9-22/h1,5-9,20,25-27,35H,10-19,21H2,2-3H3,(H,32,34)/b33-24-/t25-,26+,27+,29+,30+,31-/m1/s1. The van der Waals surface area contributed by atoms with Crippen molar-refractivity contribution in [3.05, 3.63) is 47.5 Å². The minimum absolute atomic E-state index is 0.0538. The molecule has 2 N–H and O–H groups in total. The lowest BCUT2D eigenvalue weighted by molar-refractivity contribution is -0.125. The Bertz CT molecular complexity index is 1090. The van der Waals surface area contributed by atoms with Crippen LogP contribution in [0, 0.1) is 40.9 Å². The van der Waals surface area contributed by atoms with E-state index in [2.05, 4.69) is 48.4 Å². The molecule has 4 aliphatic carbocycles. The van der Waals surface area contributed by atoms with Crippen LogP contribution in [-0.4, -0.2) is 35.5 Å². The number of aliphatic hydroxyl groups is 1. The molecule has 192 valence electrons. The quantitative estimate of drug-likeness (QED) is 0.435. The van der Waals surface area contributed by atoms with Crippen LogP contribution in [0.1, 0.15) is 70.8 Å². The van der Waals surface area contributed by atoms with Crippen molar-refractivity contribution in [2.45, 2.75) is 77.2 Å². The highest BCUT2D eigenvalue weighted by Gasteiger charge is 2.63. The molecular formula is C31H40N2O3. The fourth-order valence-corrected chi connectivity index (χ4v) is 8.11. The van der Waals surface area contributed by atoms with Gasteiger partial charge in [0, 0.05) is 12.0 Å². The van der Waals surface area contributed by atoms with Gasteiger partial charge in [0.25, 0.3) is 5.91 Å². The normalized spacial score (nSPS) is 38.2. The van der Waals surface area contributed by atoms with Crippen molar-refractivity contribution in [1.29, 1.82) is 0 Å². The number of nitrogens with zero attached hydrogens (tertiary/aromatic N) is 1. The number of hydrogen-bond donors (Lipinski definition) is 2. The summed E-state index contributed by atoms with van der Waals surface area (Å²) in [5.41, 5.74) is 2.70. The second-order valence-electron chi connectivity index (χ2n) is 11.9. The first kappa shape index (κ1) is 25.1. The molecule has 0 unspecified atom stereocenters. The number of fused-ring (bicyclic) bond motifs is 5. The van der Waals surface area contributed by atoms with Gasteiger partial charge < -0.3 is 15.3 Å². The molecule has 0 saturated heterocycles. The number of terminal acetylenes is 1. The van der Waals surface area contributed by atoms with Crippen LogP contribution in [-0.2, 0) is 16.1 Å². The smallest absolute Gasteiger partial charge is 0.260 e. The molecule has 0 aromatic heterocycles. The van der Waals surface area contributed by atoms with Gasteiger partial charge in [-0.1, -0.05) is 60.8 Å². The monoisotopic (exact) mass is 488 g/mol. The number of allylic oxidation sites excluding steroid dienone is 2. The second kappa shape index (κ2) is 9.71. The van der Waals surface area contributed by atoms with Gasteiger partial charge in [0.05, 0.1) is 5.71 Å². The van der Waals surface area contributed by atoms with Crippen LogP contribution >= 0.6 is 0 Å².